The summed E-state index contributed by atoms with van der Waals surface area (Å²) in [5, 5.41) is 0.510. The zero-order valence-electron chi connectivity index (χ0n) is 18.7. The molecule has 7 nitrogen and oxygen atoms in total. The predicted molar refractivity (Wildman–Crippen MR) is 128 cm³/mol. The van der Waals surface area contributed by atoms with Crippen molar-refractivity contribution in [1.82, 2.24) is 14.2 Å². The minimum Gasteiger partial charge on any atom is -0.467 e. The second-order valence-corrected chi connectivity index (χ2v) is 11.6. The van der Waals surface area contributed by atoms with E-state index in [0.717, 1.165) is 24.0 Å². The number of nitrogens with zero attached hydrogens (tertiary/aromatic N) is 3. The van der Waals surface area contributed by atoms with Gasteiger partial charge in [0.2, 0.25) is 10.0 Å². The molecule has 2 fully saturated rings. The first-order valence-corrected chi connectivity index (χ1v) is 13.8. The SMILES string of the molecule is O=C(c1ccc(S(=O)(=O)N2CCCCC2)cc1)N1CCC(Oc2nc3ccc(F)cc3s2)CC1. The molecule has 0 radical (unpaired) electrons. The van der Waals surface area contributed by atoms with Crippen LogP contribution < -0.4 is 4.74 Å². The summed E-state index contributed by atoms with van der Waals surface area (Å²) in [6.07, 6.45) is 4.09. The first-order valence-electron chi connectivity index (χ1n) is 11.5. The van der Waals surface area contributed by atoms with Crippen LogP contribution in [-0.4, -0.2) is 60.8 Å². The molecule has 0 spiro atoms. The Labute approximate surface area is 202 Å². The smallest absolute Gasteiger partial charge is 0.274 e. The number of benzene rings is 2. The Morgan fingerprint density at radius 1 is 1.00 bits per heavy atom. The standard InChI is InChI=1S/C24H26FN3O4S2/c25-18-6-9-21-22(16-18)33-24(26-21)32-19-10-14-27(15-11-19)23(29)17-4-7-20(8-5-17)34(30,31)28-12-2-1-3-13-28/h4-9,16,19H,1-3,10-15H2. The molecule has 0 saturated carbocycles. The van der Waals surface area contributed by atoms with Gasteiger partial charge in [-0.25, -0.2) is 17.8 Å². The van der Waals surface area contributed by atoms with Gasteiger partial charge in [0.1, 0.15) is 11.9 Å². The fraction of sp³-hybridized carbons (Fsp3) is 0.417. The van der Waals surface area contributed by atoms with E-state index in [0.29, 0.717) is 55.3 Å². The number of halogens is 1. The summed E-state index contributed by atoms with van der Waals surface area (Å²) >= 11 is 1.32. The minimum atomic E-state index is -3.51. The van der Waals surface area contributed by atoms with E-state index in [-0.39, 0.29) is 22.7 Å². The first-order chi connectivity index (χ1) is 16.4. The first kappa shape index (κ1) is 23.2. The van der Waals surface area contributed by atoms with E-state index in [2.05, 4.69) is 4.98 Å². The van der Waals surface area contributed by atoms with Crippen molar-refractivity contribution in [3.63, 3.8) is 0 Å². The van der Waals surface area contributed by atoms with E-state index >= 15 is 0 Å². The van der Waals surface area contributed by atoms with Crippen LogP contribution in [0.5, 0.6) is 5.19 Å². The number of sulfonamides is 1. The summed E-state index contributed by atoms with van der Waals surface area (Å²) in [5.74, 6) is -0.414. The number of aromatic nitrogens is 1. The molecule has 2 aliphatic rings. The summed E-state index contributed by atoms with van der Waals surface area (Å²) in [7, 11) is -3.51. The number of thiazole rings is 1. The van der Waals surface area contributed by atoms with Crippen LogP contribution in [0, 0.1) is 5.82 Å². The normalized spacial score (nSPS) is 18.3. The molecule has 0 unspecified atom stereocenters. The van der Waals surface area contributed by atoms with E-state index < -0.39 is 10.0 Å². The van der Waals surface area contributed by atoms with Gasteiger partial charge in [0.05, 0.1) is 15.1 Å². The van der Waals surface area contributed by atoms with Crippen molar-refractivity contribution < 1.29 is 22.3 Å². The highest BCUT2D eigenvalue weighted by atomic mass is 32.2. The lowest BCUT2D eigenvalue weighted by atomic mass is 10.1. The van der Waals surface area contributed by atoms with E-state index in [1.807, 2.05) is 0 Å². The number of fused-ring (bicyclic) bond motifs is 1. The highest BCUT2D eigenvalue weighted by Gasteiger charge is 2.28. The van der Waals surface area contributed by atoms with Crippen molar-refractivity contribution in [3.8, 4) is 5.19 Å². The molecule has 0 bridgehead atoms. The molecule has 2 saturated heterocycles. The number of amides is 1. The Bertz CT molecular complexity index is 1280. The quantitative estimate of drug-likeness (QED) is 0.519. The topological polar surface area (TPSA) is 79.8 Å². The van der Waals surface area contributed by atoms with E-state index in [4.69, 9.17) is 4.74 Å². The van der Waals surface area contributed by atoms with E-state index in [1.54, 1.807) is 23.1 Å². The molecule has 0 aliphatic carbocycles. The molecule has 2 aliphatic heterocycles. The minimum absolute atomic E-state index is 0.0634. The number of rotatable bonds is 5. The third-order valence-corrected chi connectivity index (χ3v) is 9.20. The zero-order valence-corrected chi connectivity index (χ0v) is 20.3. The van der Waals surface area contributed by atoms with Crippen molar-refractivity contribution in [1.29, 1.82) is 0 Å². The van der Waals surface area contributed by atoms with Gasteiger partial charge in [-0.3, -0.25) is 4.79 Å². The van der Waals surface area contributed by atoms with Crippen LogP contribution in [-0.2, 0) is 10.0 Å². The van der Waals surface area contributed by atoms with Crippen molar-refractivity contribution in [2.45, 2.75) is 43.1 Å². The predicted octanol–water partition coefficient (Wildman–Crippen LogP) is 4.29. The number of hydrogen-bond donors (Lipinski definition) is 0. The zero-order chi connectivity index (χ0) is 23.7. The molecule has 2 aromatic carbocycles. The molecule has 10 heteroatoms. The van der Waals surface area contributed by atoms with Gasteiger partial charge in [0.25, 0.3) is 11.1 Å². The van der Waals surface area contributed by atoms with Crippen molar-refractivity contribution in [2.24, 2.45) is 0 Å². The summed E-state index contributed by atoms with van der Waals surface area (Å²) in [6, 6.07) is 10.7. The van der Waals surface area contributed by atoms with E-state index in [1.165, 1.54) is 39.9 Å². The maximum atomic E-state index is 13.4. The van der Waals surface area contributed by atoms with Gasteiger partial charge < -0.3 is 9.64 Å². The van der Waals surface area contributed by atoms with Crippen molar-refractivity contribution in [3.05, 3.63) is 53.8 Å². The molecular formula is C24H26FN3O4S2. The van der Waals surface area contributed by atoms with Crippen LogP contribution in [0.2, 0.25) is 0 Å². The molecule has 34 heavy (non-hydrogen) atoms. The molecule has 0 N–H and O–H groups in total. The van der Waals surface area contributed by atoms with Gasteiger partial charge in [0, 0.05) is 44.6 Å². The van der Waals surface area contributed by atoms with Gasteiger partial charge in [-0.05, 0) is 55.3 Å². The number of carbonyl (C=O) groups is 1. The number of piperidine rings is 2. The third-order valence-electron chi connectivity index (χ3n) is 6.38. The summed E-state index contributed by atoms with van der Waals surface area (Å²) in [6.45, 7) is 2.18. The number of ether oxygens (including phenoxy) is 1. The van der Waals surface area contributed by atoms with Crippen LogP contribution in [0.1, 0.15) is 42.5 Å². The monoisotopic (exact) mass is 503 g/mol. The van der Waals surface area contributed by atoms with Gasteiger partial charge in [-0.2, -0.15) is 4.31 Å². The lowest BCUT2D eigenvalue weighted by Gasteiger charge is -2.31. The second-order valence-electron chi connectivity index (χ2n) is 8.69. The molecule has 1 aromatic heterocycles. The van der Waals surface area contributed by atoms with Crippen LogP contribution in [0.15, 0.2) is 47.4 Å². The average Bonchev–Trinajstić information content (AvgIpc) is 3.26. The lowest BCUT2D eigenvalue weighted by molar-refractivity contribution is 0.0595. The summed E-state index contributed by atoms with van der Waals surface area (Å²) < 4.78 is 47.3. The molecule has 3 aromatic rings. The molecule has 180 valence electrons. The number of carbonyl (C=O) groups excluding carboxylic acids is 1. The maximum Gasteiger partial charge on any atom is 0.274 e. The summed E-state index contributed by atoms with van der Waals surface area (Å²) in [5.41, 5.74) is 1.19. The van der Waals surface area contributed by atoms with Crippen molar-refractivity contribution >= 4 is 37.5 Å². The largest absolute Gasteiger partial charge is 0.467 e. The molecule has 1 amide bonds. The fourth-order valence-corrected chi connectivity index (χ4v) is 6.88. The molecule has 5 rings (SSSR count). The van der Waals surface area contributed by atoms with Crippen LogP contribution in [0.25, 0.3) is 10.2 Å². The third kappa shape index (κ3) is 4.80. The Morgan fingerprint density at radius 3 is 2.41 bits per heavy atom. The van der Waals surface area contributed by atoms with Crippen LogP contribution in [0.4, 0.5) is 4.39 Å². The Hall–Kier alpha value is -2.56. The van der Waals surface area contributed by atoms with Gasteiger partial charge in [0.15, 0.2) is 0 Å². The van der Waals surface area contributed by atoms with Gasteiger partial charge >= 0.3 is 0 Å². The lowest BCUT2D eigenvalue weighted by Crippen LogP contribution is -2.41. The Morgan fingerprint density at radius 2 is 1.71 bits per heavy atom. The van der Waals surface area contributed by atoms with Crippen LogP contribution >= 0.6 is 11.3 Å². The molecule has 3 heterocycles. The van der Waals surface area contributed by atoms with Gasteiger partial charge in [-0.15, -0.1) is 0 Å². The summed E-state index contributed by atoms with van der Waals surface area (Å²) in [4.78, 5) is 19.4. The highest BCUT2D eigenvalue weighted by molar-refractivity contribution is 7.89. The second kappa shape index (κ2) is 9.59. The Balaban J connectivity index is 1.18. The average molecular weight is 504 g/mol. The maximum absolute atomic E-state index is 13.4. The van der Waals surface area contributed by atoms with Crippen molar-refractivity contribution in [2.75, 3.05) is 26.2 Å². The van der Waals surface area contributed by atoms with E-state index in [9.17, 15) is 17.6 Å². The Kier molecular flexibility index (Phi) is 6.54. The molecular weight excluding hydrogens is 477 g/mol. The number of hydrogen-bond acceptors (Lipinski definition) is 6. The number of likely N-dealkylation sites (tertiary alicyclic amines) is 1. The van der Waals surface area contributed by atoms with Gasteiger partial charge in [-0.1, -0.05) is 17.8 Å². The van der Waals surface area contributed by atoms with Crippen LogP contribution in [0.3, 0.4) is 0 Å². The fourth-order valence-electron chi connectivity index (χ4n) is 4.45. The highest BCUT2D eigenvalue weighted by Crippen LogP contribution is 2.30. The molecule has 0 atom stereocenters.